The van der Waals surface area contributed by atoms with E-state index in [1.807, 2.05) is 30.4 Å². The second-order valence-electron chi connectivity index (χ2n) is 9.00. The average molecular weight is 399 g/mol. The summed E-state index contributed by atoms with van der Waals surface area (Å²) in [7, 11) is 0. The Kier molecular flexibility index (Phi) is 8.99. The largest absolute Gasteiger partial charge is 0.193 e. The average Bonchev–Trinajstić information content (AvgIpc) is 2.81. The van der Waals surface area contributed by atoms with Gasteiger partial charge in [0.2, 0.25) is 0 Å². The van der Waals surface area contributed by atoms with Gasteiger partial charge in [-0.3, -0.25) is 0 Å². The molecule has 0 aliphatic heterocycles. The minimum Gasteiger partial charge on any atom is -0.193 e. The summed E-state index contributed by atoms with van der Waals surface area (Å²) in [5.41, 5.74) is 2.17. The third-order valence-electron chi connectivity index (χ3n) is 6.99. The van der Waals surface area contributed by atoms with Crippen molar-refractivity contribution in [3.8, 4) is 12.1 Å². The molecule has 30 heavy (non-hydrogen) atoms. The molecule has 0 unspecified atom stereocenters. The molecule has 2 nitrogen and oxygen atoms in total. The summed E-state index contributed by atoms with van der Waals surface area (Å²) in [6.07, 6.45) is 25.6. The number of nitrogens with zero attached hydrogens (tertiary/aromatic N) is 2. The fourth-order valence-corrected chi connectivity index (χ4v) is 5.06. The highest BCUT2D eigenvalue weighted by Crippen LogP contribution is 2.37. The summed E-state index contributed by atoms with van der Waals surface area (Å²) in [5.74, 6) is 3.08. The van der Waals surface area contributed by atoms with Gasteiger partial charge >= 0.3 is 0 Å². The number of allylic oxidation sites excluding steroid dienone is 6. The number of benzene rings is 1. The Balaban J connectivity index is 1.33. The molecule has 2 aliphatic carbocycles. The second kappa shape index (κ2) is 12.2. The van der Waals surface area contributed by atoms with Crippen molar-refractivity contribution in [2.45, 2.75) is 70.1 Å². The second-order valence-corrected chi connectivity index (χ2v) is 9.00. The minimum atomic E-state index is 0.669. The number of hydrogen-bond acceptors (Lipinski definition) is 2. The maximum absolute atomic E-state index is 8.96. The van der Waals surface area contributed by atoms with Crippen LogP contribution in [0.4, 0.5) is 0 Å². The molecule has 0 N–H and O–H groups in total. The Bertz CT molecular complexity index is 800. The van der Waals surface area contributed by atoms with Gasteiger partial charge in [0.1, 0.15) is 0 Å². The zero-order valence-corrected chi connectivity index (χ0v) is 18.0. The van der Waals surface area contributed by atoms with Crippen LogP contribution in [0.2, 0.25) is 0 Å². The van der Waals surface area contributed by atoms with Gasteiger partial charge in [0.25, 0.3) is 0 Å². The van der Waals surface area contributed by atoms with Gasteiger partial charge in [0.05, 0.1) is 17.7 Å². The Hall–Kier alpha value is -2.58. The molecule has 0 atom stereocenters. The van der Waals surface area contributed by atoms with E-state index in [1.165, 1.54) is 69.4 Å². The summed E-state index contributed by atoms with van der Waals surface area (Å²) >= 11 is 0. The molecule has 0 radical (unpaired) electrons. The maximum Gasteiger partial charge on any atom is 0.0991 e. The van der Waals surface area contributed by atoms with Gasteiger partial charge in [0, 0.05) is 6.08 Å². The van der Waals surface area contributed by atoms with E-state index in [0.717, 1.165) is 29.7 Å². The monoisotopic (exact) mass is 398 g/mol. The highest BCUT2D eigenvalue weighted by molar-refractivity contribution is 5.33. The van der Waals surface area contributed by atoms with Gasteiger partial charge in [0.15, 0.2) is 0 Å². The zero-order valence-electron chi connectivity index (χ0n) is 18.0. The lowest BCUT2D eigenvalue weighted by Gasteiger charge is -2.29. The molecule has 2 aliphatic rings. The van der Waals surface area contributed by atoms with Crippen molar-refractivity contribution >= 4 is 0 Å². The van der Waals surface area contributed by atoms with E-state index in [4.69, 9.17) is 10.5 Å². The SMILES string of the molecule is N#CC=CC=CCC[C@H]1CC[C@H](C=C[C@H]2CC[C@H](c3ccc(C#N)cc3)CC2)CC1. The molecule has 0 bridgehead atoms. The molecule has 0 heterocycles. The molecule has 1 aromatic carbocycles. The standard InChI is InChI=1S/C28H34N2/c29-21-5-3-1-2-4-6-23-7-9-24(10-8-23)11-12-25-13-17-27(18-14-25)28-19-15-26(22-30)16-20-28/h1-3,5,11-12,15-16,19-20,23-25,27H,4,6-10,13-14,17-18H2/t23-,24-,25-,27-. The van der Waals surface area contributed by atoms with Crippen molar-refractivity contribution in [2.75, 3.05) is 0 Å². The highest BCUT2D eigenvalue weighted by atomic mass is 14.3. The van der Waals surface area contributed by atoms with E-state index in [-0.39, 0.29) is 0 Å². The van der Waals surface area contributed by atoms with Crippen LogP contribution < -0.4 is 0 Å². The molecule has 2 heteroatoms. The number of hydrogen-bond donors (Lipinski definition) is 0. The van der Waals surface area contributed by atoms with Crippen LogP contribution in [0.1, 0.15) is 81.3 Å². The van der Waals surface area contributed by atoms with Gasteiger partial charge in [-0.2, -0.15) is 10.5 Å². The van der Waals surface area contributed by atoms with E-state index in [9.17, 15) is 0 Å². The van der Waals surface area contributed by atoms with Crippen LogP contribution in [0, 0.1) is 40.4 Å². The minimum absolute atomic E-state index is 0.669. The van der Waals surface area contributed by atoms with Crippen LogP contribution in [0.5, 0.6) is 0 Å². The zero-order chi connectivity index (χ0) is 21.0. The first-order valence-corrected chi connectivity index (χ1v) is 11.7. The van der Waals surface area contributed by atoms with Crippen LogP contribution in [0.3, 0.4) is 0 Å². The molecule has 0 amide bonds. The highest BCUT2D eigenvalue weighted by Gasteiger charge is 2.22. The molecule has 3 rings (SSSR count). The van der Waals surface area contributed by atoms with Crippen LogP contribution in [0.25, 0.3) is 0 Å². The van der Waals surface area contributed by atoms with Gasteiger partial charge < -0.3 is 0 Å². The van der Waals surface area contributed by atoms with Crippen molar-refractivity contribution in [3.63, 3.8) is 0 Å². The van der Waals surface area contributed by atoms with E-state index in [1.54, 1.807) is 0 Å². The van der Waals surface area contributed by atoms with Gasteiger partial charge in [-0.25, -0.2) is 0 Å². The Morgan fingerprint density at radius 3 is 2.03 bits per heavy atom. The predicted molar refractivity (Wildman–Crippen MR) is 124 cm³/mol. The van der Waals surface area contributed by atoms with Crippen LogP contribution in [0.15, 0.2) is 60.7 Å². The van der Waals surface area contributed by atoms with Crippen molar-refractivity contribution < 1.29 is 0 Å². The van der Waals surface area contributed by atoms with Crippen LogP contribution in [-0.2, 0) is 0 Å². The topological polar surface area (TPSA) is 47.6 Å². The van der Waals surface area contributed by atoms with Crippen molar-refractivity contribution in [3.05, 3.63) is 71.8 Å². The lowest BCUT2D eigenvalue weighted by Crippen LogP contribution is -2.14. The lowest BCUT2D eigenvalue weighted by molar-refractivity contribution is 0.295. The first-order valence-electron chi connectivity index (χ1n) is 11.7. The Labute approximate surface area is 182 Å². The fourth-order valence-electron chi connectivity index (χ4n) is 5.06. The molecule has 1 aromatic rings. The predicted octanol–water partition coefficient (Wildman–Crippen LogP) is 7.61. The smallest absolute Gasteiger partial charge is 0.0991 e. The van der Waals surface area contributed by atoms with Crippen LogP contribution in [-0.4, -0.2) is 0 Å². The third kappa shape index (κ3) is 7.03. The van der Waals surface area contributed by atoms with E-state index < -0.39 is 0 Å². The number of nitriles is 2. The Morgan fingerprint density at radius 1 is 0.800 bits per heavy atom. The van der Waals surface area contributed by atoms with E-state index in [0.29, 0.717) is 5.92 Å². The molecule has 0 spiro atoms. The molecule has 0 saturated heterocycles. The molecule has 156 valence electrons. The van der Waals surface area contributed by atoms with Gasteiger partial charge in [-0.1, -0.05) is 42.5 Å². The van der Waals surface area contributed by atoms with Gasteiger partial charge in [-0.05, 0) is 106 Å². The third-order valence-corrected chi connectivity index (χ3v) is 6.99. The summed E-state index contributed by atoms with van der Waals surface area (Å²) < 4.78 is 0. The van der Waals surface area contributed by atoms with E-state index >= 15 is 0 Å². The van der Waals surface area contributed by atoms with Crippen molar-refractivity contribution in [1.82, 2.24) is 0 Å². The molecule has 0 aromatic heterocycles. The normalized spacial score (nSPS) is 27.4. The first-order chi connectivity index (χ1) is 14.8. The molecular formula is C28H34N2. The Morgan fingerprint density at radius 2 is 1.43 bits per heavy atom. The summed E-state index contributed by atoms with van der Waals surface area (Å²) in [6.45, 7) is 0. The fraction of sp³-hybridized carbons (Fsp3) is 0.500. The first kappa shape index (κ1) is 22.1. The van der Waals surface area contributed by atoms with Gasteiger partial charge in [-0.15, -0.1) is 0 Å². The molecule has 2 fully saturated rings. The quantitative estimate of drug-likeness (QED) is 0.269. The molecule has 2 saturated carbocycles. The van der Waals surface area contributed by atoms with E-state index in [2.05, 4.69) is 36.4 Å². The summed E-state index contributed by atoms with van der Waals surface area (Å²) in [5, 5.41) is 17.4. The van der Waals surface area contributed by atoms with Crippen LogP contribution >= 0.6 is 0 Å². The summed E-state index contributed by atoms with van der Waals surface area (Å²) in [6, 6.07) is 12.4. The molecular weight excluding hydrogens is 364 g/mol. The lowest BCUT2D eigenvalue weighted by atomic mass is 9.77. The van der Waals surface area contributed by atoms with Crippen molar-refractivity contribution in [2.24, 2.45) is 17.8 Å². The maximum atomic E-state index is 8.96. The number of rotatable bonds is 7. The summed E-state index contributed by atoms with van der Waals surface area (Å²) in [4.78, 5) is 0. The van der Waals surface area contributed by atoms with Crippen molar-refractivity contribution in [1.29, 1.82) is 10.5 Å².